The molecule has 0 radical (unpaired) electrons. The molecule has 2 bridgehead atoms. The number of carbonyl (C=O) groups is 2. The molecule has 0 spiro atoms. The van der Waals surface area contributed by atoms with Crippen LogP contribution in [0.4, 0.5) is 5.69 Å². The number of aliphatic hydroxyl groups excluding tert-OH is 3. The Kier molecular flexibility index (Phi) is 13.9. The number of nitrogens with one attached hydrogen (secondary N) is 2. The van der Waals surface area contributed by atoms with Gasteiger partial charge in [-0.25, -0.2) is 0 Å². The number of aliphatic hydroxyl groups is 3. The van der Waals surface area contributed by atoms with Crippen LogP contribution in [0.1, 0.15) is 62.0 Å². The zero-order chi connectivity index (χ0) is 41.9. The molecule has 12 nitrogen and oxygen atoms in total. The Bertz CT molecular complexity index is 1870. The molecule has 2 amide bonds. The van der Waals surface area contributed by atoms with Gasteiger partial charge in [-0.2, -0.15) is 5.06 Å². The monoisotopic (exact) mass is 799 g/mol. The van der Waals surface area contributed by atoms with Gasteiger partial charge in [0, 0.05) is 60.5 Å². The van der Waals surface area contributed by atoms with Crippen LogP contribution in [0.5, 0.6) is 5.75 Å². The van der Waals surface area contributed by atoms with E-state index in [9.17, 15) is 24.9 Å². The molecule has 1 saturated heterocycles. The number of methoxy groups -OCH3 is 1. The van der Waals surface area contributed by atoms with Gasteiger partial charge < -0.3 is 40.5 Å². The number of anilines is 1. The molecule has 5 N–H and O–H groups in total. The molecule has 3 saturated carbocycles. The summed E-state index contributed by atoms with van der Waals surface area (Å²) in [6.45, 7) is 9.27. The maximum absolute atomic E-state index is 14.3. The summed E-state index contributed by atoms with van der Waals surface area (Å²) in [5.41, 5.74) is 4.80. The molecule has 1 aliphatic heterocycles. The summed E-state index contributed by atoms with van der Waals surface area (Å²) < 4.78 is 6.12. The first-order chi connectivity index (χ1) is 27.7. The van der Waals surface area contributed by atoms with Crippen molar-refractivity contribution in [1.29, 1.82) is 0 Å². The topological polar surface area (TPSA) is 147 Å². The predicted octanol–water partition coefficient (Wildman–Crippen LogP) is 4.35. The van der Waals surface area contributed by atoms with E-state index < -0.39 is 24.2 Å². The first kappa shape index (κ1) is 43.5. The van der Waals surface area contributed by atoms with Gasteiger partial charge in [-0.3, -0.25) is 14.4 Å². The highest BCUT2D eigenvalue weighted by molar-refractivity contribution is 5.97. The smallest absolute Gasteiger partial charge is 0.251 e. The molecule has 12 heteroatoms. The van der Waals surface area contributed by atoms with Crippen molar-refractivity contribution in [2.45, 2.75) is 83.8 Å². The maximum atomic E-state index is 14.3. The number of hydroxylamine groups is 2. The van der Waals surface area contributed by atoms with Gasteiger partial charge in [-0.1, -0.05) is 69.3 Å². The van der Waals surface area contributed by atoms with Crippen molar-refractivity contribution in [2.75, 3.05) is 59.5 Å². The van der Waals surface area contributed by atoms with Crippen molar-refractivity contribution in [2.24, 2.45) is 29.1 Å². The van der Waals surface area contributed by atoms with Crippen LogP contribution in [-0.2, 0) is 22.6 Å². The van der Waals surface area contributed by atoms with Crippen molar-refractivity contribution >= 4 is 17.5 Å². The summed E-state index contributed by atoms with van der Waals surface area (Å²) in [5.74, 6) is 0.853. The lowest BCUT2D eigenvalue weighted by molar-refractivity contribution is -0.183. The van der Waals surface area contributed by atoms with Crippen LogP contribution in [0.15, 0.2) is 66.7 Å². The average Bonchev–Trinajstić information content (AvgIpc) is 3.57. The molecule has 316 valence electrons. The zero-order valence-electron chi connectivity index (χ0n) is 35.5. The van der Waals surface area contributed by atoms with E-state index in [1.165, 1.54) is 6.42 Å². The third-order valence-electron chi connectivity index (χ3n) is 13.3. The van der Waals surface area contributed by atoms with Crippen LogP contribution in [0.2, 0.25) is 0 Å². The minimum absolute atomic E-state index is 0.0194. The fraction of sp³-hybridized carbons (Fsp3) is 0.565. The Morgan fingerprint density at radius 3 is 2.40 bits per heavy atom. The van der Waals surface area contributed by atoms with Gasteiger partial charge in [0.25, 0.3) is 5.91 Å². The molecule has 7 rings (SSSR count). The normalized spacial score (nSPS) is 26.1. The van der Waals surface area contributed by atoms with Crippen molar-refractivity contribution < 1.29 is 34.5 Å². The van der Waals surface area contributed by atoms with Crippen LogP contribution in [0.25, 0.3) is 11.1 Å². The average molecular weight is 800 g/mol. The Balaban J connectivity index is 1.30. The molecular formula is C46H65N5O7. The summed E-state index contributed by atoms with van der Waals surface area (Å²) in [5, 5.41) is 39.4. The Labute approximate surface area is 344 Å². The highest BCUT2D eigenvalue weighted by Gasteiger charge is 2.57. The van der Waals surface area contributed by atoms with E-state index in [2.05, 4.69) is 48.4 Å². The van der Waals surface area contributed by atoms with Crippen LogP contribution >= 0.6 is 0 Å². The third kappa shape index (κ3) is 9.22. The minimum Gasteiger partial charge on any atom is -0.496 e. The highest BCUT2D eigenvalue weighted by atomic mass is 16.7. The van der Waals surface area contributed by atoms with E-state index in [0.717, 1.165) is 34.4 Å². The molecule has 58 heavy (non-hydrogen) atoms. The number of hydrogen-bond donors (Lipinski definition) is 5. The van der Waals surface area contributed by atoms with E-state index in [0.29, 0.717) is 48.6 Å². The molecule has 3 aromatic rings. The van der Waals surface area contributed by atoms with Gasteiger partial charge >= 0.3 is 0 Å². The highest BCUT2D eigenvalue weighted by Crippen LogP contribution is 2.61. The molecule has 9 atom stereocenters. The quantitative estimate of drug-likeness (QED) is 0.134. The van der Waals surface area contributed by atoms with Gasteiger partial charge in [0.1, 0.15) is 17.9 Å². The van der Waals surface area contributed by atoms with Crippen LogP contribution < -0.4 is 20.3 Å². The Hall–Kier alpha value is -4.04. The fourth-order valence-electron chi connectivity index (χ4n) is 10.00. The number of nitrogens with zero attached hydrogens (tertiary/aromatic N) is 3. The molecule has 3 aliphatic carbocycles. The second-order valence-electron chi connectivity index (χ2n) is 17.8. The number of fused-ring (bicyclic) bond motifs is 2. The van der Waals surface area contributed by atoms with Gasteiger partial charge in [-0.15, -0.1) is 0 Å². The molecule has 4 aliphatic rings. The van der Waals surface area contributed by atoms with Crippen LogP contribution in [-0.4, -0.2) is 122 Å². The number of likely N-dealkylation sites (N-methyl/N-ethyl adjacent to an activating group) is 2. The van der Waals surface area contributed by atoms with Crippen molar-refractivity contribution in [3.63, 3.8) is 0 Å². The first-order valence-electron chi connectivity index (χ1n) is 20.8. The largest absolute Gasteiger partial charge is 0.496 e. The lowest BCUT2D eigenvalue weighted by atomic mass is 9.45. The summed E-state index contributed by atoms with van der Waals surface area (Å²) in [6.07, 6.45) is 1.07. The van der Waals surface area contributed by atoms with E-state index in [-0.39, 0.29) is 49.1 Å². The first-order valence-corrected chi connectivity index (χ1v) is 20.8. The molecule has 3 aromatic carbocycles. The minimum atomic E-state index is -0.921. The number of ether oxygens (including phenoxy) is 1. The third-order valence-corrected chi connectivity index (χ3v) is 13.3. The Morgan fingerprint density at radius 2 is 1.78 bits per heavy atom. The maximum Gasteiger partial charge on any atom is 0.251 e. The molecule has 1 heterocycles. The van der Waals surface area contributed by atoms with E-state index >= 15 is 0 Å². The summed E-state index contributed by atoms with van der Waals surface area (Å²) in [7, 11) is 7.44. The van der Waals surface area contributed by atoms with Crippen molar-refractivity contribution in [3.8, 4) is 16.9 Å². The summed E-state index contributed by atoms with van der Waals surface area (Å²) in [6, 6.07) is 20.5. The molecular weight excluding hydrogens is 735 g/mol. The summed E-state index contributed by atoms with van der Waals surface area (Å²) >= 11 is 0. The number of amides is 2. The number of para-hydroxylation sites is 1. The fourth-order valence-corrected chi connectivity index (χ4v) is 10.00. The lowest BCUT2D eigenvalue weighted by Crippen LogP contribution is -2.62. The van der Waals surface area contributed by atoms with E-state index in [4.69, 9.17) is 9.57 Å². The van der Waals surface area contributed by atoms with Crippen LogP contribution in [0, 0.1) is 29.1 Å². The number of hydrogen-bond acceptors (Lipinski definition) is 10. The van der Waals surface area contributed by atoms with Gasteiger partial charge in [-0.05, 0) is 92.8 Å². The number of rotatable bonds is 17. The predicted molar refractivity (Wildman–Crippen MR) is 226 cm³/mol. The van der Waals surface area contributed by atoms with Gasteiger partial charge in [0.05, 0.1) is 33.0 Å². The van der Waals surface area contributed by atoms with Gasteiger partial charge in [0.2, 0.25) is 5.91 Å². The zero-order valence-corrected chi connectivity index (χ0v) is 35.5. The van der Waals surface area contributed by atoms with Crippen molar-refractivity contribution in [3.05, 3.63) is 83.4 Å². The standard InChI is InChI=1S/C46H65N5O7/c1-28-38-23-34(46(38,3)4)24-39(28)48-45(56)42-41(29(2)54)40(27-53)58-51(42)25-31-15-12-16-37(43(31)57-8)32-20-33(22-36(21-32)50(7)17-18-52)44(55)47-35(26-49(5)6)19-30-13-10-9-11-14-30/h9-16,20-22,28-29,34-35,38-42,52-54H,17-19,23-27H2,1-8H3,(H,47,55)(H,48,56)/t28-,29-,34-,35-,38+,39?,40-,41+,42-/m0/s1. The Morgan fingerprint density at radius 1 is 1.03 bits per heavy atom. The van der Waals surface area contributed by atoms with Crippen molar-refractivity contribution in [1.82, 2.24) is 20.6 Å². The molecule has 0 aromatic heterocycles. The molecule has 4 fully saturated rings. The van der Waals surface area contributed by atoms with E-state index in [1.807, 2.05) is 80.6 Å². The summed E-state index contributed by atoms with van der Waals surface area (Å²) in [4.78, 5) is 38.7. The SMILES string of the molecule is COc1c(CN2O[C@@H](CO)[C@@H]([C@H](C)O)[C@H]2C(=O)NC2C[C@@H]3C[C@H]([C@@H]2C)C3(C)C)cccc1-c1cc(C(=O)N[C@@H](Cc2ccccc2)CN(C)C)cc(N(C)CCO)c1. The van der Waals surface area contributed by atoms with E-state index in [1.54, 1.807) is 19.1 Å². The number of benzene rings is 3. The van der Waals surface area contributed by atoms with Gasteiger partial charge in [0.15, 0.2) is 0 Å². The second-order valence-corrected chi connectivity index (χ2v) is 17.8. The molecule has 1 unspecified atom stereocenters. The lowest BCUT2D eigenvalue weighted by Gasteiger charge is -2.62. The number of carbonyl (C=O) groups excluding carboxylic acids is 2. The van der Waals surface area contributed by atoms with Crippen LogP contribution in [0.3, 0.4) is 0 Å². The second kappa shape index (κ2) is 18.5.